The number of carbonyl (C=O) groups is 1. The number of pyridine rings is 1. The highest BCUT2D eigenvalue weighted by atomic mass is 32.2. The molecule has 0 aliphatic heterocycles. The summed E-state index contributed by atoms with van der Waals surface area (Å²) in [6.07, 6.45) is 0.687. The molecule has 156 valence electrons. The Balaban J connectivity index is 2.10. The number of rotatable bonds is 3. The van der Waals surface area contributed by atoms with Gasteiger partial charge in [0.25, 0.3) is 10.0 Å². The molecule has 2 aromatic heterocycles. The Labute approximate surface area is 174 Å². The van der Waals surface area contributed by atoms with E-state index in [2.05, 4.69) is 22.1 Å². The maximum Gasteiger partial charge on any atom is 0.412 e. The monoisotopic (exact) mass is 427 g/mol. The topological polar surface area (TPSA) is 111 Å². The van der Waals surface area contributed by atoms with Crippen molar-refractivity contribution in [3.63, 3.8) is 0 Å². The van der Waals surface area contributed by atoms with Gasteiger partial charge in [-0.2, -0.15) is 0 Å². The van der Waals surface area contributed by atoms with Crippen LogP contribution in [0.5, 0.6) is 0 Å². The number of nitrogens with zero attached hydrogens (tertiary/aromatic N) is 2. The molecule has 3 aromatic rings. The first kappa shape index (κ1) is 21.4. The zero-order valence-electron chi connectivity index (χ0n) is 16.7. The van der Waals surface area contributed by atoms with Gasteiger partial charge >= 0.3 is 6.09 Å². The van der Waals surface area contributed by atoms with Gasteiger partial charge in [0, 0.05) is 5.39 Å². The van der Waals surface area contributed by atoms with Crippen molar-refractivity contribution in [1.82, 2.24) is 8.96 Å². The Bertz CT molecular complexity index is 1250. The lowest BCUT2D eigenvalue weighted by molar-refractivity contribution is 0.0636. The van der Waals surface area contributed by atoms with E-state index in [1.54, 1.807) is 45.0 Å². The second-order valence-electron chi connectivity index (χ2n) is 7.34. The lowest BCUT2D eigenvalue weighted by Gasteiger charge is -2.19. The van der Waals surface area contributed by atoms with Crippen LogP contribution in [0, 0.1) is 11.8 Å². The van der Waals surface area contributed by atoms with E-state index in [1.807, 2.05) is 0 Å². The number of benzene rings is 1. The second kappa shape index (κ2) is 8.18. The molecule has 0 atom stereocenters. The lowest BCUT2D eigenvalue weighted by atomic mass is 10.2. The molecular weight excluding hydrogens is 406 g/mol. The van der Waals surface area contributed by atoms with E-state index >= 15 is 0 Å². The van der Waals surface area contributed by atoms with Gasteiger partial charge in [-0.25, -0.2) is 22.2 Å². The minimum absolute atomic E-state index is 0.0762. The molecule has 0 saturated heterocycles. The van der Waals surface area contributed by atoms with E-state index in [0.29, 0.717) is 11.1 Å². The summed E-state index contributed by atoms with van der Waals surface area (Å²) in [7, 11) is -3.99. The fraction of sp³-hybridized carbons (Fsp3) is 0.238. The summed E-state index contributed by atoms with van der Waals surface area (Å²) in [6.45, 7) is 4.81. The first-order valence-electron chi connectivity index (χ1n) is 9.04. The van der Waals surface area contributed by atoms with Gasteiger partial charge in [-0.3, -0.25) is 5.32 Å². The van der Waals surface area contributed by atoms with Crippen molar-refractivity contribution < 1.29 is 23.1 Å². The van der Waals surface area contributed by atoms with Crippen LogP contribution in [-0.4, -0.2) is 40.8 Å². The van der Waals surface area contributed by atoms with E-state index in [0.717, 1.165) is 3.97 Å². The molecule has 0 fully saturated rings. The summed E-state index contributed by atoms with van der Waals surface area (Å²) in [6, 6.07) is 11.0. The van der Waals surface area contributed by atoms with Crippen LogP contribution in [0.2, 0.25) is 0 Å². The molecule has 0 aliphatic rings. The third-order valence-electron chi connectivity index (χ3n) is 3.82. The van der Waals surface area contributed by atoms with Crippen LogP contribution >= 0.6 is 0 Å². The third-order valence-corrected chi connectivity index (χ3v) is 5.54. The average molecular weight is 427 g/mol. The summed E-state index contributed by atoms with van der Waals surface area (Å²) in [5.74, 6) is 5.12. The molecule has 1 amide bonds. The number of carbonyl (C=O) groups excluding carboxylic acids is 1. The number of fused-ring (bicyclic) bond motifs is 1. The van der Waals surface area contributed by atoms with E-state index in [1.165, 1.54) is 24.4 Å². The maximum absolute atomic E-state index is 13.2. The molecule has 9 heteroatoms. The number of anilines is 1. The predicted octanol–water partition coefficient (Wildman–Crippen LogP) is 2.96. The summed E-state index contributed by atoms with van der Waals surface area (Å²) in [5.41, 5.74) is -0.0322. The third kappa shape index (κ3) is 4.62. The molecular formula is C21H21N3O5S. The highest BCUT2D eigenvalue weighted by Gasteiger charge is 2.24. The van der Waals surface area contributed by atoms with Gasteiger partial charge in [0.2, 0.25) is 0 Å². The van der Waals surface area contributed by atoms with Crippen LogP contribution in [0.1, 0.15) is 26.5 Å². The normalized spacial score (nSPS) is 11.6. The molecule has 0 radical (unpaired) electrons. The van der Waals surface area contributed by atoms with Crippen molar-refractivity contribution in [3.05, 3.63) is 54.4 Å². The van der Waals surface area contributed by atoms with Crippen molar-refractivity contribution in [3.8, 4) is 11.8 Å². The average Bonchev–Trinajstić information content (AvgIpc) is 3.03. The molecule has 0 spiro atoms. The Hall–Kier alpha value is -3.35. The molecule has 0 bridgehead atoms. The van der Waals surface area contributed by atoms with E-state index in [-0.39, 0.29) is 16.2 Å². The highest BCUT2D eigenvalue weighted by Crippen LogP contribution is 2.26. The van der Waals surface area contributed by atoms with E-state index in [9.17, 15) is 13.2 Å². The quantitative estimate of drug-likeness (QED) is 0.622. The van der Waals surface area contributed by atoms with Gasteiger partial charge < -0.3 is 9.84 Å². The van der Waals surface area contributed by atoms with Crippen LogP contribution < -0.4 is 5.32 Å². The molecule has 1 aromatic carbocycles. The fourth-order valence-corrected chi connectivity index (χ4v) is 4.17. The minimum Gasteiger partial charge on any atom is -0.444 e. The van der Waals surface area contributed by atoms with Crippen molar-refractivity contribution >= 4 is 32.8 Å². The molecule has 0 unspecified atom stereocenters. The second-order valence-corrected chi connectivity index (χ2v) is 9.12. The molecule has 0 saturated carbocycles. The van der Waals surface area contributed by atoms with Gasteiger partial charge in [0.05, 0.1) is 16.8 Å². The molecule has 0 aliphatic carbocycles. The summed E-state index contributed by atoms with van der Waals surface area (Å²) in [4.78, 5) is 16.3. The highest BCUT2D eigenvalue weighted by molar-refractivity contribution is 7.90. The van der Waals surface area contributed by atoms with Crippen LogP contribution in [0.25, 0.3) is 11.0 Å². The van der Waals surface area contributed by atoms with Crippen molar-refractivity contribution in [2.24, 2.45) is 0 Å². The van der Waals surface area contributed by atoms with Crippen LogP contribution in [0.3, 0.4) is 0 Å². The number of hydrogen-bond acceptors (Lipinski definition) is 6. The molecule has 8 nitrogen and oxygen atoms in total. The van der Waals surface area contributed by atoms with Crippen LogP contribution in [0.15, 0.2) is 53.6 Å². The van der Waals surface area contributed by atoms with Crippen LogP contribution in [-0.2, 0) is 14.8 Å². The SMILES string of the molecule is CC(C)(C)OC(=O)Nc1cnc2c(c1)cc(C#CCO)n2S(=O)(=O)c1ccccc1. The lowest BCUT2D eigenvalue weighted by Crippen LogP contribution is -2.27. The first-order valence-corrected chi connectivity index (χ1v) is 10.5. The molecule has 2 heterocycles. The maximum atomic E-state index is 13.2. The molecule has 30 heavy (non-hydrogen) atoms. The van der Waals surface area contributed by atoms with Crippen molar-refractivity contribution in [2.75, 3.05) is 11.9 Å². The first-order chi connectivity index (χ1) is 14.1. The number of aliphatic hydroxyl groups is 1. The largest absolute Gasteiger partial charge is 0.444 e. The fourth-order valence-electron chi connectivity index (χ4n) is 2.72. The van der Waals surface area contributed by atoms with Gasteiger partial charge in [-0.1, -0.05) is 24.1 Å². The smallest absolute Gasteiger partial charge is 0.412 e. The number of ether oxygens (including phenoxy) is 1. The minimum atomic E-state index is -3.99. The molecule has 2 N–H and O–H groups in total. The Kier molecular flexibility index (Phi) is 5.82. The Morgan fingerprint density at radius 3 is 2.57 bits per heavy atom. The summed E-state index contributed by atoms with van der Waals surface area (Å²) < 4.78 is 32.7. The van der Waals surface area contributed by atoms with Crippen LogP contribution in [0.4, 0.5) is 10.5 Å². The van der Waals surface area contributed by atoms with Gasteiger partial charge in [0.15, 0.2) is 5.65 Å². The number of nitrogens with one attached hydrogen (secondary N) is 1. The van der Waals surface area contributed by atoms with E-state index < -0.39 is 28.3 Å². The zero-order valence-corrected chi connectivity index (χ0v) is 17.5. The van der Waals surface area contributed by atoms with Gasteiger partial charge in [-0.15, -0.1) is 0 Å². The Morgan fingerprint density at radius 1 is 1.23 bits per heavy atom. The molecule has 3 rings (SSSR count). The standard InChI is InChI=1S/C21H21N3O5S/c1-21(2,3)29-20(26)23-16-12-15-13-17(8-7-11-25)24(19(15)22-14-16)30(27,28)18-9-5-4-6-10-18/h4-6,9-10,12-14,25H,11H2,1-3H3,(H,23,26). The van der Waals surface area contributed by atoms with E-state index in [4.69, 9.17) is 9.84 Å². The number of aliphatic hydroxyl groups excluding tert-OH is 1. The number of hydrogen-bond donors (Lipinski definition) is 2. The van der Waals surface area contributed by atoms with Gasteiger partial charge in [0.1, 0.15) is 17.9 Å². The van der Waals surface area contributed by atoms with Crippen molar-refractivity contribution in [2.45, 2.75) is 31.3 Å². The summed E-state index contributed by atoms with van der Waals surface area (Å²) >= 11 is 0. The van der Waals surface area contributed by atoms with Crippen molar-refractivity contribution in [1.29, 1.82) is 0 Å². The zero-order chi connectivity index (χ0) is 21.9. The predicted molar refractivity (Wildman–Crippen MR) is 113 cm³/mol. The summed E-state index contributed by atoms with van der Waals surface area (Å²) in [5, 5.41) is 12.1. The Morgan fingerprint density at radius 2 is 1.93 bits per heavy atom. The number of aromatic nitrogens is 2. The number of amides is 1. The van der Waals surface area contributed by atoms with Gasteiger partial charge in [-0.05, 0) is 51.0 Å².